The fraction of sp³-hybridized carbons (Fsp3) is 0.350. The first-order valence-electron chi connectivity index (χ1n) is 9.17. The van der Waals surface area contributed by atoms with Crippen LogP contribution in [0.5, 0.6) is 0 Å². The number of anilines is 2. The molecule has 1 aliphatic heterocycles. The van der Waals surface area contributed by atoms with Gasteiger partial charge in [0.2, 0.25) is 11.8 Å². The average molecular weight is 367 g/mol. The van der Waals surface area contributed by atoms with Gasteiger partial charge in [0, 0.05) is 43.0 Å². The first-order valence-corrected chi connectivity index (χ1v) is 9.17. The van der Waals surface area contributed by atoms with Crippen molar-refractivity contribution in [2.75, 3.05) is 29.9 Å². The number of nitrogens with two attached hydrogens (primary N) is 1. The molecule has 4 N–H and O–H groups in total. The first-order chi connectivity index (χ1) is 13.1. The summed E-state index contributed by atoms with van der Waals surface area (Å²) in [5.41, 5.74) is 7.28. The molecule has 1 aliphatic rings. The van der Waals surface area contributed by atoms with Gasteiger partial charge in [-0.3, -0.25) is 9.59 Å². The number of carbonyl (C=O) groups excluding carboxylic acids is 2. The number of carbonyl (C=O) groups is 2. The van der Waals surface area contributed by atoms with Crippen LogP contribution in [0.4, 0.5) is 11.5 Å². The Morgan fingerprint density at radius 2 is 1.85 bits per heavy atom. The Kier molecular flexibility index (Phi) is 6.25. The molecule has 7 nitrogen and oxygen atoms in total. The van der Waals surface area contributed by atoms with Crippen LogP contribution >= 0.6 is 0 Å². The molecule has 0 aliphatic carbocycles. The Hall–Kier alpha value is -3.09. The minimum atomic E-state index is -0.228. The highest BCUT2D eigenvalue weighted by Gasteiger charge is 2.24. The van der Waals surface area contributed by atoms with Crippen LogP contribution in [0, 0.1) is 5.92 Å². The van der Waals surface area contributed by atoms with Crippen LogP contribution in [0.1, 0.15) is 18.4 Å². The van der Waals surface area contributed by atoms with E-state index in [1.54, 1.807) is 6.20 Å². The second kappa shape index (κ2) is 9.02. The summed E-state index contributed by atoms with van der Waals surface area (Å²) in [5.74, 6) is 0.490. The third-order valence-electron chi connectivity index (χ3n) is 4.77. The molecule has 2 heterocycles. The van der Waals surface area contributed by atoms with E-state index in [4.69, 9.17) is 5.73 Å². The van der Waals surface area contributed by atoms with Crippen LogP contribution in [0.2, 0.25) is 0 Å². The van der Waals surface area contributed by atoms with Gasteiger partial charge in [-0.15, -0.1) is 0 Å². The molecular formula is C20H25N5O2. The number of hydrogen-bond donors (Lipinski definition) is 3. The van der Waals surface area contributed by atoms with Gasteiger partial charge < -0.3 is 21.3 Å². The van der Waals surface area contributed by atoms with Gasteiger partial charge in [-0.2, -0.15) is 0 Å². The Morgan fingerprint density at radius 1 is 1.11 bits per heavy atom. The van der Waals surface area contributed by atoms with Crippen molar-refractivity contribution in [3.63, 3.8) is 0 Å². The molecule has 2 amide bonds. The largest absolute Gasteiger partial charge is 0.376 e. The second-order valence-electron chi connectivity index (χ2n) is 6.65. The summed E-state index contributed by atoms with van der Waals surface area (Å²) in [6, 6.07) is 13.4. The summed E-state index contributed by atoms with van der Waals surface area (Å²) in [6.45, 7) is 2.10. The lowest BCUT2D eigenvalue weighted by molar-refractivity contribution is -0.122. The van der Waals surface area contributed by atoms with Gasteiger partial charge >= 0.3 is 0 Å². The molecule has 1 aromatic carbocycles. The number of hydrogen-bond acceptors (Lipinski definition) is 5. The predicted molar refractivity (Wildman–Crippen MR) is 105 cm³/mol. The molecule has 0 atom stereocenters. The smallest absolute Gasteiger partial charge is 0.239 e. The molecule has 1 aromatic heterocycles. The quantitative estimate of drug-likeness (QED) is 0.689. The van der Waals surface area contributed by atoms with Crippen molar-refractivity contribution < 1.29 is 9.59 Å². The zero-order valence-corrected chi connectivity index (χ0v) is 15.2. The molecule has 0 radical (unpaired) electrons. The van der Waals surface area contributed by atoms with Gasteiger partial charge in [0.25, 0.3) is 0 Å². The minimum Gasteiger partial charge on any atom is -0.376 e. The highest BCUT2D eigenvalue weighted by molar-refractivity contribution is 5.80. The number of piperidine rings is 1. The maximum atomic E-state index is 12.1. The molecule has 0 bridgehead atoms. The van der Waals surface area contributed by atoms with E-state index in [9.17, 15) is 9.59 Å². The summed E-state index contributed by atoms with van der Waals surface area (Å²) in [5, 5.41) is 6.03. The zero-order valence-electron chi connectivity index (χ0n) is 15.2. The number of para-hydroxylation sites is 1. The minimum absolute atomic E-state index is 0.0582. The SMILES string of the molecule is NC(=O)C1CCN(c2ncccc2CNC(=O)CNc2ccccc2)CC1. The van der Waals surface area contributed by atoms with E-state index < -0.39 is 0 Å². The molecule has 27 heavy (non-hydrogen) atoms. The van der Waals surface area contributed by atoms with Gasteiger partial charge in [-0.05, 0) is 31.0 Å². The molecule has 0 unspecified atom stereocenters. The van der Waals surface area contributed by atoms with Crippen LogP contribution in [0.3, 0.4) is 0 Å². The Morgan fingerprint density at radius 3 is 2.56 bits per heavy atom. The van der Waals surface area contributed by atoms with Gasteiger partial charge in [0.15, 0.2) is 0 Å². The lowest BCUT2D eigenvalue weighted by Gasteiger charge is -2.32. The summed E-state index contributed by atoms with van der Waals surface area (Å²) in [6.07, 6.45) is 3.22. The summed E-state index contributed by atoms with van der Waals surface area (Å²) < 4.78 is 0. The van der Waals surface area contributed by atoms with Crippen LogP contribution in [-0.4, -0.2) is 36.4 Å². The summed E-state index contributed by atoms with van der Waals surface area (Å²) >= 11 is 0. The molecule has 142 valence electrons. The number of amides is 2. The van der Waals surface area contributed by atoms with Crippen molar-refractivity contribution in [2.24, 2.45) is 11.7 Å². The molecule has 2 aromatic rings. The fourth-order valence-corrected chi connectivity index (χ4v) is 3.22. The van der Waals surface area contributed by atoms with E-state index >= 15 is 0 Å². The van der Waals surface area contributed by atoms with Crippen LogP contribution in [-0.2, 0) is 16.1 Å². The van der Waals surface area contributed by atoms with Gasteiger partial charge in [0.1, 0.15) is 5.82 Å². The van der Waals surface area contributed by atoms with Gasteiger partial charge in [0.05, 0.1) is 6.54 Å². The van der Waals surface area contributed by atoms with Crippen molar-refractivity contribution in [1.29, 1.82) is 0 Å². The van der Waals surface area contributed by atoms with Gasteiger partial charge in [-0.25, -0.2) is 4.98 Å². The van der Waals surface area contributed by atoms with Crippen molar-refractivity contribution in [1.82, 2.24) is 10.3 Å². The highest BCUT2D eigenvalue weighted by atomic mass is 16.2. The Balaban J connectivity index is 1.53. The van der Waals surface area contributed by atoms with E-state index in [2.05, 4.69) is 20.5 Å². The number of nitrogens with zero attached hydrogens (tertiary/aromatic N) is 2. The predicted octanol–water partition coefficient (Wildman–Crippen LogP) is 1.51. The van der Waals surface area contributed by atoms with E-state index in [-0.39, 0.29) is 24.3 Å². The zero-order chi connectivity index (χ0) is 19.1. The average Bonchev–Trinajstić information content (AvgIpc) is 2.72. The number of benzene rings is 1. The number of rotatable bonds is 7. The van der Waals surface area contributed by atoms with Gasteiger partial charge in [-0.1, -0.05) is 24.3 Å². The summed E-state index contributed by atoms with van der Waals surface area (Å²) in [4.78, 5) is 30.1. The van der Waals surface area contributed by atoms with Crippen molar-refractivity contribution >= 4 is 23.3 Å². The molecular weight excluding hydrogens is 342 g/mol. The summed E-state index contributed by atoms with van der Waals surface area (Å²) in [7, 11) is 0. The topological polar surface area (TPSA) is 100 Å². The number of aromatic nitrogens is 1. The van der Waals surface area contributed by atoms with E-state index in [0.717, 1.165) is 43.0 Å². The standard InChI is InChI=1S/C20H25N5O2/c21-19(27)15-8-11-25(12-9-15)20-16(5-4-10-22-20)13-24-18(26)14-23-17-6-2-1-3-7-17/h1-7,10,15,23H,8-9,11-14H2,(H2,21,27)(H,24,26). The van der Waals surface area contributed by atoms with Crippen molar-refractivity contribution in [2.45, 2.75) is 19.4 Å². The molecule has 1 saturated heterocycles. The molecule has 1 fully saturated rings. The maximum absolute atomic E-state index is 12.1. The molecule has 3 rings (SSSR count). The molecule has 0 spiro atoms. The Labute approximate surface area is 159 Å². The van der Waals surface area contributed by atoms with Crippen LogP contribution in [0.25, 0.3) is 0 Å². The van der Waals surface area contributed by atoms with E-state index in [0.29, 0.717) is 6.54 Å². The third-order valence-corrected chi connectivity index (χ3v) is 4.77. The third kappa shape index (κ3) is 5.20. The molecule has 0 saturated carbocycles. The van der Waals surface area contributed by atoms with E-state index in [1.165, 1.54) is 0 Å². The first kappa shape index (κ1) is 18.7. The van der Waals surface area contributed by atoms with E-state index in [1.807, 2.05) is 42.5 Å². The lowest BCUT2D eigenvalue weighted by atomic mass is 9.96. The lowest BCUT2D eigenvalue weighted by Crippen LogP contribution is -2.39. The fourth-order valence-electron chi connectivity index (χ4n) is 3.22. The number of pyridine rings is 1. The Bertz CT molecular complexity index is 773. The highest BCUT2D eigenvalue weighted by Crippen LogP contribution is 2.24. The second-order valence-corrected chi connectivity index (χ2v) is 6.65. The van der Waals surface area contributed by atoms with Crippen molar-refractivity contribution in [3.8, 4) is 0 Å². The monoisotopic (exact) mass is 367 g/mol. The molecule has 7 heteroatoms. The normalized spacial score (nSPS) is 14.6. The van der Waals surface area contributed by atoms with Crippen LogP contribution < -0.4 is 21.3 Å². The van der Waals surface area contributed by atoms with Crippen molar-refractivity contribution in [3.05, 3.63) is 54.2 Å². The maximum Gasteiger partial charge on any atom is 0.239 e. The number of nitrogens with one attached hydrogen (secondary N) is 2. The van der Waals surface area contributed by atoms with Crippen LogP contribution in [0.15, 0.2) is 48.7 Å². The number of primary amides is 1.